The number of carbonyl (C=O) groups excluding carboxylic acids is 2. The molecular formula is C35H36Cl3N3O4S. The van der Waals surface area contributed by atoms with Crippen molar-refractivity contribution in [3.05, 3.63) is 129 Å². The third-order valence-corrected chi connectivity index (χ3v) is 10.0. The normalized spacial score (nSPS) is 12.1. The third kappa shape index (κ3) is 9.26. The third-order valence-electron chi connectivity index (χ3n) is 7.26. The van der Waals surface area contributed by atoms with Crippen LogP contribution in [-0.4, -0.2) is 44.3 Å². The molecule has 4 aromatic rings. The van der Waals surface area contributed by atoms with Crippen LogP contribution in [0.5, 0.6) is 0 Å². The van der Waals surface area contributed by atoms with E-state index in [-0.39, 0.29) is 29.7 Å². The van der Waals surface area contributed by atoms with E-state index in [0.29, 0.717) is 32.9 Å². The predicted molar refractivity (Wildman–Crippen MR) is 186 cm³/mol. The minimum atomic E-state index is -4.24. The molecule has 0 aliphatic rings. The molecule has 0 aliphatic carbocycles. The summed E-state index contributed by atoms with van der Waals surface area (Å²) in [6.07, 6.45) is 0.201. The second-order valence-corrected chi connectivity index (χ2v) is 14.5. The van der Waals surface area contributed by atoms with Crippen molar-refractivity contribution >= 4 is 62.3 Å². The van der Waals surface area contributed by atoms with Crippen LogP contribution in [0.15, 0.2) is 102 Å². The van der Waals surface area contributed by atoms with Gasteiger partial charge < -0.3 is 10.2 Å². The minimum Gasteiger partial charge on any atom is -0.354 e. The molecule has 0 aromatic heterocycles. The Bertz CT molecular complexity index is 1770. The highest BCUT2D eigenvalue weighted by Crippen LogP contribution is 2.28. The number of amides is 2. The maximum absolute atomic E-state index is 14.5. The van der Waals surface area contributed by atoms with E-state index < -0.39 is 28.5 Å². The number of carbonyl (C=O) groups is 2. The van der Waals surface area contributed by atoms with Crippen molar-refractivity contribution in [1.82, 2.24) is 10.2 Å². The van der Waals surface area contributed by atoms with Crippen LogP contribution in [0.2, 0.25) is 15.1 Å². The Morgan fingerprint density at radius 2 is 1.50 bits per heavy atom. The molecule has 2 amide bonds. The molecule has 46 heavy (non-hydrogen) atoms. The SMILES string of the molecule is Cc1cccc(N(CC(=O)N(Cc2ccc(Cl)c(Cl)c2)C(Cc2ccccc2)C(=O)NCC(C)C)S(=O)(=O)c2ccc(Cl)cc2)c1. The molecule has 0 saturated heterocycles. The summed E-state index contributed by atoms with van der Waals surface area (Å²) in [5.41, 5.74) is 2.58. The quantitative estimate of drug-likeness (QED) is 0.156. The first kappa shape index (κ1) is 35.3. The summed E-state index contributed by atoms with van der Waals surface area (Å²) in [6, 6.07) is 26.0. The van der Waals surface area contributed by atoms with E-state index in [1.807, 2.05) is 57.2 Å². The van der Waals surface area contributed by atoms with E-state index in [1.54, 1.807) is 36.4 Å². The molecule has 0 radical (unpaired) electrons. The van der Waals surface area contributed by atoms with Gasteiger partial charge in [-0.25, -0.2) is 8.42 Å². The molecule has 4 rings (SSSR count). The maximum atomic E-state index is 14.5. The smallest absolute Gasteiger partial charge is 0.264 e. The Kier molecular flexibility index (Phi) is 12.1. The summed E-state index contributed by atoms with van der Waals surface area (Å²) in [7, 11) is -4.24. The van der Waals surface area contributed by atoms with E-state index in [1.165, 1.54) is 29.2 Å². The van der Waals surface area contributed by atoms with Gasteiger partial charge in [-0.2, -0.15) is 0 Å². The zero-order valence-corrected chi connectivity index (χ0v) is 28.9. The van der Waals surface area contributed by atoms with Crippen LogP contribution in [-0.2, 0) is 32.6 Å². The number of anilines is 1. The highest BCUT2D eigenvalue weighted by Gasteiger charge is 2.34. The molecule has 242 valence electrons. The van der Waals surface area contributed by atoms with Crippen LogP contribution in [0.4, 0.5) is 5.69 Å². The van der Waals surface area contributed by atoms with Gasteiger partial charge in [0.2, 0.25) is 11.8 Å². The molecule has 4 aromatic carbocycles. The summed E-state index contributed by atoms with van der Waals surface area (Å²) in [6.45, 7) is 5.60. The van der Waals surface area contributed by atoms with Crippen molar-refractivity contribution in [3.8, 4) is 0 Å². The number of sulfonamides is 1. The maximum Gasteiger partial charge on any atom is 0.264 e. The van der Waals surface area contributed by atoms with Gasteiger partial charge in [-0.3, -0.25) is 13.9 Å². The number of nitrogens with one attached hydrogen (secondary N) is 1. The van der Waals surface area contributed by atoms with E-state index in [2.05, 4.69) is 5.32 Å². The predicted octanol–water partition coefficient (Wildman–Crippen LogP) is 7.56. The fourth-order valence-electron chi connectivity index (χ4n) is 4.86. The first-order valence-electron chi connectivity index (χ1n) is 14.7. The van der Waals surface area contributed by atoms with Crippen molar-refractivity contribution in [1.29, 1.82) is 0 Å². The summed E-state index contributed by atoms with van der Waals surface area (Å²) in [5, 5.41) is 3.99. The van der Waals surface area contributed by atoms with Gasteiger partial charge in [0.05, 0.1) is 20.6 Å². The molecular weight excluding hydrogens is 665 g/mol. The van der Waals surface area contributed by atoms with E-state index in [4.69, 9.17) is 34.8 Å². The van der Waals surface area contributed by atoms with Crippen LogP contribution in [0.25, 0.3) is 0 Å². The second kappa shape index (κ2) is 15.8. The highest BCUT2D eigenvalue weighted by atomic mass is 35.5. The van der Waals surface area contributed by atoms with Crippen LogP contribution in [0.3, 0.4) is 0 Å². The van der Waals surface area contributed by atoms with Crippen molar-refractivity contribution < 1.29 is 18.0 Å². The Morgan fingerprint density at radius 3 is 2.13 bits per heavy atom. The van der Waals surface area contributed by atoms with Crippen molar-refractivity contribution in [2.24, 2.45) is 5.92 Å². The van der Waals surface area contributed by atoms with Crippen molar-refractivity contribution in [2.75, 3.05) is 17.4 Å². The molecule has 0 spiro atoms. The number of halogens is 3. The summed E-state index contributed by atoms with van der Waals surface area (Å²) in [4.78, 5) is 29.8. The molecule has 7 nitrogen and oxygen atoms in total. The summed E-state index contributed by atoms with van der Waals surface area (Å²) >= 11 is 18.6. The van der Waals surface area contributed by atoms with Crippen LogP contribution in [0, 0.1) is 12.8 Å². The molecule has 1 N–H and O–H groups in total. The lowest BCUT2D eigenvalue weighted by Gasteiger charge is -2.34. The lowest BCUT2D eigenvalue weighted by Crippen LogP contribution is -2.53. The molecule has 0 saturated carbocycles. The number of nitrogens with zero attached hydrogens (tertiary/aromatic N) is 2. The second-order valence-electron chi connectivity index (χ2n) is 11.4. The zero-order valence-electron chi connectivity index (χ0n) is 25.8. The Hall–Kier alpha value is -3.56. The summed E-state index contributed by atoms with van der Waals surface area (Å²) < 4.78 is 29.3. The average molecular weight is 701 g/mol. The molecule has 1 atom stereocenters. The van der Waals surface area contributed by atoms with E-state index >= 15 is 0 Å². The molecule has 11 heteroatoms. The molecule has 1 unspecified atom stereocenters. The van der Waals surface area contributed by atoms with Crippen molar-refractivity contribution in [3.63, 3.8) is 0 Å². The lowest BCUT2D eigenvalue weighted by molar-refractivity contribution is -0.140. The molecule has 0 aliphatic heterocycles. The van der Waals surface area contributed by atoms with E-state index in [0.717, 1.165) is 15.4 Å². The number of hydrogen-bond acceptors (Lipinski definition) is 4. The number of aryl methyl sites for hydroxylation is 1. The first-order valence-corrected chi connectivity index (χ1v) is 17.3. The van der Waals surface area contributed by atoms with Crippen LogP contribution >= 0.6 is 34.8 Å². The Morgan fingerprint density at radius 1 is 0.804 bits per heavy atom. The Labute approximate surface area is 286 Å². The summed E-state index contributed by atoms with van der Waals surface area (Å²) in [5.74, 6) is -0.763. The average Bonchev–Trinajstić information content (AvgIpc) is 3.02. The molecule has 0 bridgehead atoms. The van der Waals surface area contributed by atoms with Crippen LogP contribution < -0.4 is 9.62 Å². The number of hydrogen-bond donors (Lipinski definition) is 1. The van der Waals surface area contributed by atoms with Gasteiger partial charge in [0, 0.05) is 24.5 Å². The first-order chi connectivity index (χ1) is 21.8. The van der Waals surface area contributed by atoms with Gasteiger partial charge in [0.1, 0.15) is 12.6 Å². The monoisotopic (exact) mass is 699 g/mol. The highest BCUT2D eigenvalue weighted by molar-refractivity contribution is 7.92. The Balaban J connectivity index is 1.81. The van der Waals surface area contributed by atoms with Gasteiger partial charge in [-0.1, -0.05) is 97.2 Å². The van der Waals surface area contributed by atoms with Gasteiger partial charge in [0.15, 0.2) is 0 Å². The topological polar surface area (TPSA) is 86.8 Å². The standard InChI is InChI=1S/C35H36Cl3N3O4S/c1-24(2)21-39-35(43)33(20-26-9-5-4-6-10-26)40(22-27-12-17-31(37)32(38)19-27)34(42)23-41(29-11-7-8-25(3)18-29)46(44,45)30-15-13-28(36)14-16-30/h4-19,24,33H,20-23H2,1-3H3,(H,39,43). The van der Waals surface area contributed by atoms with Gasteiger partial charge in [-0.15, -0.1) is 0 Å². The minimum absolute atomic E-state index is 0.0228. The fraction of sp³-hybridized carbons (Fsp3) is 0.257. The number of benzene rings is 4. The van der Waals surface area contributed by atoms with Gasteiger partial charge >= 0.3 is 0 Å². The zero-order chi connectivity index (χ0) is 33.4. The van der Waals surface area contributed by atoms with Gasteiger partial charge in [0.25, 0.3) is 10.0 Å². The number of rotatable bonds is 13. The van der Waals surface area contributed by atoms with E-state index in [9.17, 15) is 18.0 Å². The molecule has 0 fully saturated rings. The van der Waals surface area contributed by atoms with Gasteiger partial charge in [-0.05, 0) is 78.1 Å². The largest absolute Gasteiger partial charge is 0.354 e. The van der Waals surface area contributed by atoms with Crippen molar-refractivity contribution in [2.45, 2.75) is 44.7 Å². The lowest BCUT2D eigenvalue weighted by atomic mass is 10.0. The fourth-order valence-corrected chi connectivity index (χ4v) is 6.71. The van der Waals surface area contributed by atoms with Crippen LogP contribution in [0.1, 0.15) is 30.5 Å². The molecule has 0 heterocycles.